The van der Waals surface area contributed by atoms with E-state index < -0.39 is 0 Å². The van der Waals surface area contributed by atoms with Gasteiger partial charge in [-0.2, -0.15) is 0 Å². The maximum atomic E-state index is 10.8. The first-order chi connectivity index (χ1) is 6.63. The van der Waals surface area contributed by atoms with Crippen LogP contribution in [0.5, 0.6) is 0 Å². The Balaban J connectivity index is 2.68. The number of hydrogen-bond acceptors (Lipinski definition) is 3. The van der Waals surface area contributed by atoms with Gasteiger partial charge in [0, 0.05) is 15.8 Å². The summed E-state index contributed by atoms with van der Waals surface area (Å²) < 4.78 is 4.51. The standard InChI is InChI=1S/C11H14O2S/c1-8(2)10-6-4-9(14-10)5-7-11(12)13-3/h4-8H,1-3H3/b7-5+. The van der Waals surface area contributed by atoms with Crippen LogP contribution in [0.15, 0.2) is 18.2 Å². The van der Waals surface area contributed by atoms with Gasteiger partial charge in [-0.3, -0.25) is 0 Å². The summed E-state index contributed by atoms with van der Waals surface area (Å²) in [6.45, 7) is 4.30. The second kappa shape index (κ2) is 4.96. The third-order valence-corrected chi connectivity index (χ3v) is 3.15. The highest BCUT2D eigenvalue weighted by Gasteiger charge is 2.01. The van der Waals surface area contributed by atoms with Crippen LogP contribution in [0, 0.1) is 0 Å². The molecule has 0 N–H and O–H groups in total. The minimum atomic E-state index is -0.315. The third kappa shape index (κ3) is 3.00. The Kier molecular flexibility index (Phi) is 3.89. The molecule has 0 aliphatic heterocycles. The van der Waals surface area contributed by atoms with Crippen molar-refractivity contribution in [1.82, 2.24) is 0 Å². The Morgan fingerprint density at radius 1 is 1.50 bits per heavy atom. The molecule has 3 heteroatoms. The lowest BCUT2D eigenvalue weighted by molar-refractivity contribution is -0.134. The Morgan fingerprint density at radius 2 is 2.21 bits per heavy atom. The molecule has 76 valence electrons. The molecule has 0 unspecified atom stereocenters. The van der Waals surface area contributed by atoms with Crippen LogP contribution in [0.1, 0.15) is 29.5 Å². The second-order valence-electron chi connectivity index (χ2n) is 3.25. The molecule has 1 rings (SSSR count). The van der Waals surface area contributed by atoms with Crippen molar-refractivity contribution in [2.75, 3.05) is 7.11 Å². The number of carbonyl (C=O) groups is 1. The van der Waals surface area contributed by atoms with Gasteiger partial charge in [0.15, 0.2) is 0 Å². The smallest absolute Gasteiger partial charge is 0.330 e. The summed E-state index contributed by atoms with van der Waals surface area (Å²) in [5, 5.41) is 0. The fourth-order valence-corrected chi connectivity index (χ4v) is 1.90. The van der Waals surface area contributed by atoms with E-state index in [1.807, 2.05) is 6.07 Å². The lowest BCUT2D eigenvalue weighted by Gasteiger charge is -1.96. The first-order valence-electron chi connectivity index (χ1n) is 4.49. The predicted octanol–water partition coefficient (Wildman–Crippen LogP) is 3.06. The van der Waals surface area contributed by atoms with Crippen LogP contribution in [0.3, 0.4) is 0 Å². The molecule has 14 heavy (non-hydrogen) atoms. The number of esters is 1. The number of methoxy groups -OCH3 is 1. The van der Waals surface area contributed by atoms with E-state index in [2.05, 4.69) is 24.7 Å². The van der Waals surface area contributed by atoms with Crippen molar-refractivity contribution in [3.63, 3.8) is 0 Å². The first kappa shape index (κ1) is 11.0. The van der Waals surface area contributed by atoms with Crippen molar-refractivity contribution >= 4 is 23.4 Å². The fraction of sp³-hybridized carbons (Fsp3) is 0.364. The summed E-state index contributed by atoms with van der Waals surface area (Å²) in [7, 11) is 1.38. The van der Waals surface area contributed by atoms with Gasteiger partial charge in [-0.05, 0) is 24.1 Å². The van der Waals surface area contributed by atoms with E-state index in [0.29, 0.717) is 5.92 Å². The molecule has 2 nitrogen and oxygen atoms in total. The molecule has 1 aromatic heterocycles. The van der Waals surface area contributed by atoms with Crippen molar-refractivity contribution in [3.05, 3.63) is 28.0 Å². The van der Waals surface area contributed by atoms with Crippen molar-refractivity contribution in [1.29, 1.82) is 0 Å². The van der Waals surface area contributed by atoms with E-state index in [1.54, 1.807) is 17.4 Å². The van der Waals surface area contributed by atoms with Crippen LogP contribution in [0.2, 0.25) is 0 Å². The molecule has 0 atom stereocenters. The van der Waals surface area contributed by atoms with Gasteiger partial charge in [0.1, 0.15) is 0 Å². The monoisotopic (exact) mass is 210 g/mol. The lowest BCUT2D eigenvalue weighted by atomic mass is 10.2. The molecule has 0 aromatic carbocycles. The zero-order chi connectivity index (χ0) is 10.6. The quantitative estimate of drug-likeness (QED) is 0.566. The SMILES string of the molecule is COC(=O)/C=C/c1ccc(C(C)C)s1. The summed E-state index contributed by atoms with van der Waals surface area (Å²) in [6.07, 6.45) is 3.22. The second-order valence-corrected chi connectivity index (χ2v) is 4.40. The summed E-state index contributed by atoms with van der Waals surface area (Å²) in [4.78, 5) is 13.2. The maximum Gasteiger partial charge on any atom is 0.330 e. The molecule has 0 fully saturated rings. The zero-order valence-corrected chi connectivity index (χ0v) is 9.43. The molecule has 0 saturated carbocycles. The van der Waals surface area contributed by atoms with Crippen molar-refractivity contribution in [2.24, 2.45) is 0 Å². The summed E-state index contributed by atoms with van der Waals surface area (Å²) in [6, 6.07) is 4.10. The minimum absolute atomic E-state index is 0.315. The van der Waals surface area contributed by atoms with Crippen LogP contribution in [0.25, 0.3) is 6.08 Å². The minimum Gasteiger partial charge on any atom is -0.466 e. The van der Waals surface area contributed by atoms with Crippen molar-refractivity contribution < 1.29 is 9.53 Å². The highest BCUT2D eigenvalue weighted by Crippen LogP contribution is 2.24. The Labute approximate surface area is 88.2 Å². The molecular formula is C11H14O2S. The Morgan fingerprint density at radius 3 is 2.71 bits per heavy atom. The van der Waals surface area contributed by atoms with Gasteiger partial charge in [-0.25, -0.2) is 4.79 Å². The largest absolute Gasteiger partial charge is 0.466 e. The van der Waals surface area contributed by atoms with Crippen LogP contribution in [0.4, 0.5) is 0 Å². The van der Waals surface area contributed by atoms with Gasteiger partial charge in [-0.1, -0.05) is 13.8 Å². The number of hydrogen-bond donors (Lipinski definition) is 0. The molecule has 0 bridgehead atoms. The molecule has 0 spiro atoms. The van der Waals surface area contributed by atoms with E-state index in [0.717, 1.165) is 4.88 Å². The van der Waals surface area contributed by atoms with Crippen molar-refractivity contribution in [2.45, 2.75) is 19.8 Å². The average Bonchev–Trinajstić information content (AvgIpc) is 2.62. The van der Waals surface area contributed by atoms with Crippen molar-refractivity contribution in [3.8, 4) is 0 Å². The number of thiophene rings is 1. The molecule has 0 amide bonds. The normalized spacial score (nSPS) is 11.1. The Bertz CT molecular complexity index is 337. The van der Waals surface area contributed by atoms with Gasteiger partial charge in [0.25, 0.3) is 0 Å². The highest BCUT2D eigenvalue weighted by molar-refractivity contribution is 7.13. The van der Waals surface area contributed by atoms with E-state index in [-0.39, 0.29) is 5.97 Å². The van der Waals surface area contributed by atoms with E-state index in [4.69, 9.17) is 0 Å². The van der Waals surface area contributed by atoms with Gasteiger partial charge < -0.3 is 4.74 Å². The number of carbonyl (C=O) groups excluding carboxylic acids is 1. The topological polar surface area (TPSA) is 26.3 Å². The van der Waals surface area contributed by atoms with Gasteiger partial charge >= 0.3 is 5.97 Å². The van der Waals surface area contributed by atoms with Crippen LogP contribution in [-0.4, -0.2) is 13.1 Å². The van der Waals surface area contributed by atoms with E-state index in [1.165, 1.54) is 18.1 Å². The fourth-order valence-electron chi connectivity index (χ4n) is 0.986. The van der Waals surface area contributed by atoms with Gasteiger partial charge in [-0.15, -0.1) is 11.3 Å². The molecular weight excluding hydrogens is 196 g/mol. The van der Waals surface area contributed by atoms with E-state index >= 15 is 0 Å². The van der Waals surface area contributed by atoms with Crippen LogP contribution >= 0.6 is 11.3 Å². The molecule has 0 radical (unpaired) electrons. The maximum absolute atomic E-state index is 10.8. The summed E-state index contributed by atoms with van der Waals surface area (Å²) >= 11 is 1.70. The molecule has 1 heterocycles. The molecule has 1 aromatic rings. The third-order valence-electron chi connectivity index (χ3n) is 1.80. The summed E-state index contributed by atoms with van der Waals surface area (Å²) in [5.74, 6) is 0.227. The van der Waals surface area contributed by atoms with E-state index in [9.17, 15) is 4.79 Å². The van der Waals surface area contributed by atoms with Gasteiger partial charge in [0.05, 0.1) is 7.11 Å². The predicted molar refractivity (Wildman–Crippen MR) is 59.5 cm³/mol. The number of ether oxygens (including phenoxy) is 1. The highest BCUT2D eigenvalue weighted by atomic mass is 32.1. The molecule has 0 aliphatic carbocycles. The molecule has 0 aliphatic rings. The van der Waals surface area contributed by atoms with Crippen LogP contribution in [-0.2, 0) is 9.53 Å². The summed E-state index contributed by atoms with van der Waals surface area (Å²) in [5.41, 5.74) is 0. The van der Waals surface area contributed by atoms with Crippen LogP contribution < -0.4 is 0 Å². The Hall–Kier alpha value is -1.09. The first-order valence-corrected chi connectivity index (χ1v) is 5.31. The average molecular weight is 210 g/mol. The lowest BCUT2D eigenvalue weighted by Crippen LogP contribution is -1.92. The van der Waals surface area contributed by atoms with Gasteiger partial charge in [0.2, 0.25) is 0 Å². The number of rotatable bonds is 3. The molecule has 0 saturated heterocycles. The zero-order valence-electron chi connectivity index (χ0n) is 8.61.